The normalized spacial score (nSPS) is 16.2. The van der Waals surface area contributed by atoms with E-state index in [1.165, 1.54) is 32.4 Å². The minimum absolute atomic E-state index is 0. The Morgan fingerprint density at radius 3 is 2.03 bits per heavy atom. The molecule has 1 saturated heterocycles. The molecule has 2 rings (SSSR count). The molecule has 1 fully saturated rings. The van der Waals surface area contributed by atoms with Gasteiger partial charge in [0.15, 0.2) is 11.5 Å². The number of anilines is 1. The Bertz CT molecular complexity index is 653. The van der Waals surface area contributed by atoms with Crippen molar-refractivity contribution in [3.05, 3.63) is 12.1 Å². The van der Waals surface area contributed by atoms with Crippen molar-refractivity contribution in [2.24, 2.45) is 5.92 Å². The number of rotatable bonds is 9. The van der Waals surface area contributed by atoms with Gasteiger partial charge in [0.25, 0.3) is 0 Å². The lowest BCUT2D eigenvalue weighted by molar-refractivity contribution is -0.932. The molecule has 2 amide bonds. The van der Waals surface area contributed by atoms with Gasteiger partial charge in [0.05, 0.1) is 59.2 Å². The topological polar surface area (TPSA) is 68.8 Å². The van der Waals surface area contributed by atoms with Crippen LogP contribution in [0.1, 0.15) is 40.0 Å². The Morgan fingerprint density at radius 1 is 1.03 bits per heavy atom. The molecule has 7 nitrogen and oxygen atoms in total. The highest BCUT2D eigenvalue weighted by Crippen LogP contribution is 2.39. The summed E-state index contributed by atoms with van der Waals surface area (Å²) in [5, 5.41) is 6.12. The van der Waals surface area contributed by atoms with Gasteiger partial charge in [-0.15, -0.1) is 0 Å². The molecule has 1 atom stereocenters. The molecule has 1 unspecified atom stereocenters. The fourth-order valence-electron chi connectivity index (χ4n) is 4.14. The lowest BCUT2D eigenvalue weighted by atomic mass is 9.99. The van der Waals surface area contributed by atoms with E-state index < -0.39 is 0 Å². The summed E-state index contributed by atoms with van der Waals surface area (Å²) in [4.78, 5) is 12.8. The van der Waals surface area contributed by atoms with E-state index in [0.29, 0.717) is 28.9 Å². The molecule has 172 valence electrons. The average Bonchev–Trinajstić information content (AvgIpc) is 2.72. The number of halogens is 1. The lowest BCUT2D eigenvalue weighted by Crippen LogP contribution is -3.00. The number of carbonyl (C=O) groups excluding carboxylic acids is 1. The molecule has 1 aliphatic heterocycles. The molecular weight excluding hydrogens is 497 g/mol. The van der Waals surface area contributed by atoms with Crippen molar-refractivity contribution in [3.63, 3.8) is 0 Å². The first kappa shape index (κ1) is 26.6. The van der Waals surface area contributed by atoms with E-state index in [1.54, 1.807) is 33.5 Å². The van der Waals surface area contributed by atoms with Crippen molar-refractivity contribution < 1.29 is 47.5 Å². The summed E-state index contributed by atoms with van der Waals surface area (Å²) in [6, 6.07) is 3.35. The van der Waals surface area contributed by atoms with Gasteiger partial charge in [-0.25, -0.2) is 4.79 Å². The van der Waals surface area contributed by atoms with E-state index in [1.807, 2.05) is 0 Å². The number of quaternary nitrogens is 1. The van der Waals surface area contributed by atoms with Gasteiger partial charge in [-0.3, -0.25) is 0 Å². The number of piperidine rings is 1. The molecule has 0 radical (unpaired) electrons. The molecule has 0 aromatic heterocycles. The van der Waals surface area contributed by atoms with Crippen molar-refractivity contribution in [2.45, 2.75) is 46.1 Å². The fraction of sp³-hybridized carbons (Fsp3) is 0.682. The van der Waals surface area contributed by atoms with E-state index in [4.69, 9.17) is 14.2 Å². The predicted molar refractivity (Wildman–Crippen MR) is 116 cm³/mol. The number of amides is 2. The number of likely N-dealkylation sites (tertiary alicyclic amines) is 1. The molecule has 0 bridgehead atoms. The van der Waals surface area contributed by atoms with Gasteiger partial charge < -0.3 is 53.3 Å². The van der Waals surface area contributed by atoms with E-state index in [0.717, 1.165) is 17.6 Å². The maximum atomic E-state index is 12.8. The average molecular weight is 535 g/mol. The number of nitrogens with one attached hydrogen (secondary N) is 2. The molecule has 0 aliphatic carbocycles. The number of carbonyl (C=O) groups is 1. The molecule has 1 aromatic carbocycles. The summed E-state index contributed by atoms with van der Waals surface area (Å²) >= 11 is 0. The second kappa shape index (κ2) is 12.4. The molecule has 0 saturated carbocycles. The molecule has 1 heterocycles. The van der Waals surface area contributed by atoms with Gasteiger partial charge in [-0.05, 0) is 32.1 Å². The van der Waals surface area contributed by atoms with Gasteiger partial charge >= 0.3 is 6.03 Å². The van der Waals surface area contributed by atoms with E-state index in [9.17, 15) is 4.79 Å². The van der Waals surface area contributed by atoms with Crippen LogP contribution in [0.3, 0.4) is 0 Å². The lowest BCUT2D eigenvalue weighted by Gasteiger charge is -2.43. The van der Waals surface area contributed by atoms with Crippen LogP contribution < -0.4 is 48.8 Å². The Balaban J connectivity index is 0.00000450. The first-order valence-corrected chi connectivity index (χ1v) is 10.6. The van der Waals surface area contributed by atoms with Gasteiger partial charge in [-0.2, -0.15) is 0 Å². The molecule has 30 heavy (non-hydrogen) atoms. The van der Waals surface area contributed by atoms with Crippen molar-refractivity contribution in [2.75, 3.05) is 52.8 Å². The summed E-state index contributed by atoms with van der Waals surface area (Å²) in [5.41, 5.74) is 0.594. The van der Waals surface area contributed by atoms with Gasteiger partial charge in [0.1, 0.15) is 0 Å². The summed E-state index contributed by atoms with van der Waals surface area (Å²) < 4.78 is 17.2. The number of likely N-dealkylation sites (N-methyl/N-ethyl adjacent to an activating group) is 1. The molecule has 8 heteroatoms. The third-order valence-electron chi connectivity index (χ3n) is 6.06. The summed E-state index contributed by atoms with van der Waals surface area (Å²) in [6.07, 6.45) is 3.87. The largest absolute Gasteiger partial charge is 1.00 e. The zero-order chi connectivity index (χ0) is 21.4. The van der Waals surface area contributed by atoms with E-state index >= 15 is 0 Å². The van der Waals surface area contributed by atoms with Gasteiger partial charge in [0, 0.05) is 12.1 Å². The SMILES string of the molecule is CC[N+]1(CC(NC(=O)Nc2cc(OC)c(OC)c(OC)c2)C(C)C)CCCCC1.[I-]. The van der Waals surface area contributed by atoms with Crippen molar-refractivity contribution in [1.29, 1.82) is 0 Å². The maximum absolute atomic E-state index is 12.8. The Hall–Kier alpha value is -1.42. The summed E-state index contributed by atoms with van der Waals surface area (Å²) in [5.74, 6) is 1.86. The maximum Gasteiger partial charge on any atom is 0.319 e. The third-order valence-corrected chi connectivity index (χ3v) is 6.06. The molecular formula is C22H38IN3O4. The van der Waals surface area contributed by atoms with Crippen LogP contribution in [0, 0.1) is 5.92 Å². The minimum atomic E-state index is -0.218. The number of hydrogen-bond acceptors (Lipinski definition) is 4. The smallest absolute Gasteiger partial charge is 0.319 e. The van der Waals surface area contributed by atoms with Gasteiger partial charge in [-0.1, -0.05) is 13.8 Å². The number of urea groups is 1. The standard InChI is InChI=1S/C22H37N3O4.HI/c1-7-25(11-9-8-10-12-25)15-18(16(2)3)24-22(26)23-17-13-19(27-4)21(29-6)20(14-17)28-5;/h13-14,16,18H,7-12,15H2,1-6H3,(H-,23,24,26);1H. The number of nitrogens with zero attached hydrogens (tertiary/aromatic N) is 1. The van der Waals surface area contributed by atoms with Crippen LogP contribution in [0.15, 0.2) is 12.1 Å². The Labute approximate surface area is 198 Å². The second-order valence-electron chi connectivity index (χ2n) is 8.21. The van der Waals surface area contributed by atoms with Crippen LogP contribution >= 0.6 is 0 Å². The van der Waals surface area contributed by atoms with Gasteiger partial charge in [0.2, 0.25) is 5.75 Å². The zero-order valence-electron chi connectivity index (χ0n) is 19.2. The second-order valence-corrected chi connectivity index (χ2v) is 8.21. The number of ether oxygens (including phenoxy) is 3. The summed E-state index contributed by atoms with van der Waals surface area (Å²) in [7, 11) is 4.67. The molecule has 1 aliphatic rings. The Kier molecular flexibility index (Phi) is 11.0. The highest BCUT2D eigenvalue weighted by atomic mass is 127. The first-order valence-electron chi connectivity index (χ1n) is 10.6. The van der Waals surface area contributed by atoms with Crippen LogP contribution in [-0.4, -0.2) is 64.1 Å². The number of methoxy groups -OCH3 is 3. The highest BCUT2D eigenvalue weighted by Gasteiger charge is 2.33. The summed E-state index contributed by atoms with van der Waals surface area (Å²) in [6.45, 7) is 11.1. The van der Waals surface area contributed by atoms with Crippen molar-refractivity contribution >= 4 is 11.7 Å². The van der Waals surface area contributed by atoms with Crippen LogP contribution in [0.2, 0.25) is 0 Å². The van der Waals surface area contributed by atoms with Crippen LogP contribution in [0.4, 0.5) is 10.5 Å². The van der Waals surface area contributed by atoms with Crippen molar-refractivity contribution in [3.8, 4) is 17.2 Å². The molecule has 1 aromatic rings. The number of hydrogen-bond donors (Lipinski definition) is 2. The quantitative estimate of drug-likeness (QED) is 0.364. The van der Waals surface area contributed by atoms with Crippen LogP contribution in [-0.2, 0) is 0 Å². The molecule has 0 spiro atoms. The van der Waals surface area contributed by atoms with E-state index in [-0.39, 0.29) is 36.0 Å². The van der Waals surface area contributed by atoms with E-state index in [2.05, 4.69) is 31.4 Å². The van der Waals surface area contributed by atoms with Crippen LogP contribution in [0.25, 0.3) is 0 Å². The fourth-order valence-corrected chi connectivity index (χ4v) is 4.14. The zero-order valence-corrected chi connectivity index (χ0v) is 21.4. The Morgan fingerprint density at radius 2 is 1.60 bits per heavy atom. The first-order chi connectivity index (χ1) is 13.9. The highest BCUT2D eigenvalue weighted by molar-refractivity contribution is 5.90. The van der Waals surface area contributed by atoms with Crippen LogP contribution in [0.5, 0.6) is 17.2 Å². The monoisotopic (exact) mass is 535 g/mol. The molecule has 2 N–H and O–H groups in total. The van der Waals surface area contributed by atoms with Crippen molar-refractivity contribution in [1.82, 2.24) is 5.32 Å². The predicted octanol–water partition coefficient (Wildman–Crippen LogP) is 0.883. The minimum Gasteiger partial charge on any atom is -1.00 e. The number of benzene rings is 1. The third kappa shape index (κ3) is 6.80.